The number of amides is 1. The largest absolute Gasteiger partial charge is 0.381 e. The van der Waals surface area contributed by atoms with Gasteiger partial charge in [-0.25, -0.2) is 4.98 Å². The van der Waals surface area contributed by atoms with E-state index < -0.39 is 5.41 Å². The fourth-order valence-corrected chi connectivity index (χ4v) is 4.02. The van der Waals surface area contributed by atoms with Crippen molar-refractivity contribution in [1.29, 1.82) is 5.26 Å². The van der Waals surface area contributed by atoms with Gasteiger partial charge in [-0.05, 0) is 31.0 Å². The number of carbonyl (C=O) groups is 1. The Morgan fingerprint density at radius 3 is 2.82 bits per heavy atom. The van der Waals surface area contributed by atoms with Crippen LogP contribution < -0.4 is 4.90 Å². The lowest BCUT2D eigenvalue weighted by atomic mass is 9.81. The number of aromatic amines is 1. The van der Waals surface area contributed by atoms with Crippen molar-refractivity contribution >= 4 is 22.6 Å². The van der Waals surface area contributed by atoms with Gasteiger partial charge in [0, 0.05) is 54.9 Å². The van der Waals surface area contributed by atoms with Gasteiger partial charge in [0.05, 0.1) is 29.3 Å². The molecule has 140 valence electrons. The molecular weight excluding hydrogens is 354 g/mol. The molecule has 0 atom stereocenters. The van der Waals surface area contributed by atoms with E-state index in [1.807, 2.05) is 18.3 Å². The first kappa shape index (κ1) is 16.9. The summed E-state index contributed by atoms with van der Waals surface area (Å²) in [7, 11) is 0. The van der Waals surface area contributed by atoms with Gasteiger partial charge in [-0.2, -0.15) is 5.26 Å². The van der Waals surface area contributed by atoms with Crippen molar-refractivity contribution < 1.29 is 9.53 Å². The van der Waals surface area contributed by atoms with E-state index in [1.54, 1.807) is 17.3 Å². The van der Waals surface area contributed by atoms with Crippen LogP contribution in [0.2, 0.25) is 0 Å². The number of anilines is 1. The average molecular weight is 373 g/mol. The van der Waals surface area contributed by atoms with Crippen molar-refractivity contribution in [3.63, 3.8) is 0 Å². The number of hydrogen-bond acceptors (Lipinski definition) is 5. The maximum absolute atomic E-state index is 12.7. The number of ether oxygens (including phenoxy) is 1. The lowest BCUT2D eigenvalue weighted by Crippen LogP contribution is -2.42. The predicted octanol–water partition coefficient (Wildman–Crippen LogP) is 2.83. The van der Waals surface area contributed by atoms with E-state index >= 15 is 0 Å². The van der Waals surface area contributed by atoms with Crippen LogP contribution in [0.1, 0.15) is 18.5 Å². The number of hydrogen-bond donors (Lipinski definition) is 1. The fraction of sp³-hybridized carbons (Fsp3) is 0.333. The third-order valence-corrected chi connectivity index (χ3v) is 5.74. The fourth-order valence-electron chi connectivity index (χ4n) is 4.02. The minimum atomic E-state index is -0.558. The number of rotatable bonds is 3. The van der Waals surface area contributed by atoms with Crippen molar-refractivity contribution in [2.45, 2.75) is 19.3 Å². The minimum absolute atomic E-state index is 0.0000199. The van der Waals surface area contributed by atoms with E-state index in [0.717, 1.165) is 33.5 Å². The Kier molecular flexibility index (Phi) is 3.88. The number of carbonyl (C=O) groups excluding carboxylic acids is 1. The van der Waals surface area contributed by atoms with Crippen LogP contribution in [0.15, 0.2) is 36.8 Å². The highest BCUT2D eigenvalue weighted by molar-refractivity contribution is 6.01. The van der Waals surface area contributed by atoms with Crippen LogP contribution in [-0.2, 0) is 16.0 Å². The molecule has 1 fully saturated rings. The number of pyridine rings is 2. The molecule has 2 aliphatic rings. The second kappa shape index (κ2) is 6.43. The van der Waals surface area contributed by atoms with Crippen molar-refractivity contribution in [1.82, 2.24) is 15.0 Å². The number of fused-ring (bicyclic) bond motifs is 2. The minimum Gasteiger partial charge on any atom is -0.381 e. The summed E-state index contributed by atoms with van der Waals surface area (Å²) in [5.74, 6) is -0.0000199. The zero-order valence-corrected chi connectivity index (χ0v) is 15.3. The van der Waals surface area contributed by atoms with Crippen LogP contribution in [0.4, 0.5) is 5.69 Å². The van der Waals surface area contributed by atoms with Gasteiger partial charge in [0.25, 0.3) is 0 Å². The van der Waals surface area contributed by atoms with Crippen LogP contribution >= 0.6 is 0 Å². The van der Waals surface area contributed by atoms with Crippen molar-refractivity contribution in [3.8, 4) is 17.2 Å². The molecule has 1 amide bonds. The third kappa shape index (κ3) is 2.74. The monoisotopic (exact) mass is 373 g/mol. The van der Waals surface area contributed by atoms with Gasteiger partial charge in [0.1, 0.15) is 5.65 Å². The summed E-state index contributed by atoms with van der Waals surface area (Å²) in [6.45, 7) is 1.51. The smallest absolute Gasteiger partial charge is 0.233 e. The van der Waals surface area contributed by atoms with Gasteiger partial charge in [-0.1, -0.05) is 0 Å². The molecule has 5 heterocycles. The van der Waals surface area contributed by atoms with Gasteiger partial charge in [-0.3, -0.25) is 9.78 Å². The molecule has 0 aliphatic carbocycles. The Morgan fingerprint density at radius 1 is 1.21 bits per heavy atom. The lowest BCUT2D eigenvalue weighted by molar-refractivity contribution is -0.117. The second-order valence-corrected chi connectivity index (χ2v) is 7.49. The Bertz CT molecular complexity index is 1110. The number of H-pyrrole nitrogens is 1. The first-order valence-electron chi connectivity index (χ1n) is 9.39. The normalized spacial score (nSPS) is 18.2. The first-order chi connectivity index (χ1) is 13.7. The zero-order valence-electron chi connectivity index (χ0n) is 15.3. The highest BCUT2D eigenvalue weighted by Gasteiger charge is 2.39. The maximum atomic E-state index is 12.7. The summed E-state index contributed by atoms with van der Waals surface area (Å²) in [4.78, 5) is 26.5. The summed E-state index contributed by atoms with van der Waals surface area (Å²) in [5, 5.41) is 10.8. The van der Waals surface area contributed by atoms with Crippen LogP contribution in [0.3, 0.4) is 0 Å². The molecule has 0 unspecified atom stereocenters. The number of aromatic nitrogens is 3. The van der Waals surface area contributed by atoms with E-state index in [-0.39, 0.29) is 12.3 Å². The molecule has 1 saturated heterocycles. The van der Waals surface area contributed by atoms with Crippen molar-refractivity contribution in [3.05, 3.63) is 42.5 Å². The summed E-state index contributed by atoms with van der Waals surface area (Å²) in [5.41, 5.74) is 3.71. The molecule has 5 rings (SSSR count). The quantitative estimate of drug-likeness (QED) is 0.762. The average Bonchev–Trinajstić information content (AvgIpc) is 3.32. The molecule has 0 radical (unpaired) electrons. The molecule has 28 heavy (non-hydrogen) atoms. The molecule has 0 aromatic carbocycles. The van der Waals surface area contributed by atoms with Gasteiger partial charge in [0.15, 0.2) is 0 Å². The van der Waals surface area contributed by atoms with Crippen LogP contribution in [0, 0.1) is 16.7 Å². The Morgan fingerprint density at radius 2 is 2.00 bits per heavy atom. The van der Waals surface area contributed by atoms with E-state index in [1.165, 1.54) is 0 Å². The van der Waals surface area contributed by atoms with Gasteiger partial charge in [0.2, 0.25) is 5.91 Å². The highest BCUT2D eigenvalue weighted by atomic mass is 16.5. The van der Waals surface area contributed by atoms with E-state index in [4.69, 9.17) is 4.74 Å². The predicted molar refractivity (Wildman–Crippen MR) is 103 cm³/mol. The Labute approximate surface area is 162 Å². The molecule has 3 aromatic heterocycles. The molecule has 7 heteroatoms. The Balaban J connectivity index is 1.51. The molecule has 2 aliphatic heterocycles. The topological polar surface area (TPSA) is 94.9 Å². The number of nitrogens with one attached hydrogen (secondary N) is 1. The zero-order chi connectivity index (χ0) is 19.1. The molecule has 3 aromatic rings. The van der Waals surface area contributed by atoms with Gasteiger partial charge < -0.3 is 14.6 Å². The second-order valence-electron chi connectivity index (χ2n) is 7.49. The van der Waals surface area contributed by atoms with Gasteiger partial charge in [-0.15, -0.1) is 0 Å². The third-order valence-electron chi connectivity index (χ3n) is 5.74. The summed E-state index contributed by atoms with van der Waals surface area (Å²) in [6.07, 6.45) is 7.02. The van der Waals surface area contributed by atoms with Crippen LogP contribution in [0.25, 0.3) is 22.2 Å². The first-order valence-corrected chi connectivity index (χ1v) is 9.39. The SMILES string of the molecule is N#CC1(CN2C(=O)Cc3ncc(-c4cnc5[nH]ccc5c4)cc32)CCOCC1. The Hall–Kier alpha value is -3.24. The van der Waals surface area contributed by atoms with Crippen LogP contribution in [-0.4, -0.2) is 40.6 Å². The van der Waals surface area contributed by atoms with Crippen LogP contribution in [0.5, 0.6) is 0 Å². The molecule has 7 nitrogen and oxygen atoms in total. The van der Waals surface area contributed by atoms with E-state index in [0.29, 0.717) is 32.6 Å². The number of nitriles is 1. The highest BCUT2D eigenvalue weighted by Crippen LogP contribution is 2.37. The molecular formula is C21H19N5O2. The maximum Gasteiger partial charge on any atom is 0.233 e. The van der Waals surface area contributed by atoms with E-state index in [2.05, 4.69) is 27.1 Å². The summed E-state index contributed by atoms with van der Waals surface area (Å²) < 4.78 is 5.42. The summed E-state index contributed by atoms with van der Waals surface area (Å²) in [6, 6.07) is 8.48. The van der Waals surface area contributed by atoms with Gasteiger partial charge >= 0.3 is 0 Å². The van der Waals surface area contributed by atoms with Crippen molar-refractivity contribution in [2.24, 2.45) is 5.41 Å². The standard InChI is InChI=1S/C21H19N5O2/c22-12-21(2-5-28-6-3-21)13-26-18-8-16(10-24-17(18)9-19(26)27)15-7-14-1-4-23-20(14)25-11-15/h1,4,7-8,10-11H,2-3,5-6,9,13H2,(H,23,25). The van der Waals surface area contributed by atoms with Crippen molar-refractivity contribution in [2.75, 3.05) is 24.7 Å². The molecule has 0 spiro atoms. The molecule has 0 bridgehead atoms. The lowest BCUT2D eigenvalue weighted by Gasteiger charge is -2.34. The number of nitrogens with zero attached hydrogens (tertiary/aromatic N) is 4. The summed E-state index contributed by atoms with van der Waals surface area (Å²) >= 11 is 0. The molecule has 1 N–H and O–H groups in total. The molecule has 0 saturated carbocycles. The van der Waals surface area contributed by atoms with E-state index in [9.17, 15) is 10.1 Å².